The van der Waals surface area contributed by atoms with Crippen LogP contribution in [0.3, 0.4) is 0 Å². The van der Waals surface area contributed by atoms with Crippen molar-refractivity contribution in [2.75, 3.05) is 25.4 Å². The number of rotatable bonds is 4. The lowest BCUT2D eigenvalue weighted by Gasteiger charge is -2.33. The summed E-state index contributed by atoms with van der Waals surface area (Å²) in [6.07, 6.45) is 7.14. The highest BCUT2D eigenvalue weighted by Gasteiger charge is 2.20. The van der Waals surface area contributed by atoms with Gasteiger partial charge in [-0.25, -0.2) is 0 Å². The van der Waals surface area contributed by atoms with Crippen molar-refractivity contribution in [3.8, 4) is 0 Å². The van der Waals surface area contributed by atoms with Crippen LogP contribution in [0.4, 0.5) is 0 Å². The Morgan fingerprint density at radius 2 is 1.93 bits per heavy atom. The highest BCUT2D eigenvalue weighted by molar-refractivity contribution is 7.80. The van der Waals surface area contributed by atoms with Gasteiger partial charge in [-0.1, -0.05) is 26.0 Å². The fourth-order valence-corrected chi connectivity index (χ4v) is 2.25. The molecule has 1 fully saturated rings. The van der Waals surface area contributed by atoms with Crippen molar-refractivity contribution in [2.45, 2.75) is 26.7 Å². The Labute approximate surface area is 94.0 Å². The maximum Gasteiger partial charge on any atom is 0.0163 e. The van der Waals surface area contributed by atoms with Crippen LogP contribution in [-0.2, 0) is 0 Å². The highest BCUT2D eigenvalue weighted by Crippen LogP contribution is 2.24. The molecule has 0 N–H and O–H groups in total. The van der Waals surface area contributed by atoms with Gasteiger partial charge in [0.15, 0.2) is 0 Å². The predicted octanol–water partition coefficient (Wildman–Crippen LogP) is 2.84. The number of hydrogen-bond donors (Lipinski definition) is 1. The second-order valence-electron chi connectivity index (χ2n) is 4.54. The maximum absolute atomic E-state index is 4.15. The van der Waals surface area contributed by atoms with Crippen molar-refractivity contribution >= 4 is 12.6 Å². The first kappa shape index (κ1) is 12.1. The molecule has 82 valence electrons. The third kappa shape index (κ3) is 4.05. The summed E-state index contributed by atoms with van der Waals surface area (Å²) in [5, 5.41) is 0. The summed E-state index contributed by atoms with van der Waals surface area (Å²) < 4.78 is 0. The first-order chi connectivity index (χ1) is 6.74. The molecule has 0 aromatic carbocycles. The van der Waals surface area contributed by atoms with Crippen LogP contribution in [0.25, 0.3) is 0 Å². The molecule has 0 atom stereocenters. The molecule has 1 saturated heterocycles. The second-order valence-corrected chi connectivity index (χ2v) is 4.90. The minimum atomic E-state index is 0.864. The van der Waals surface area contributed by atoms with Crippen LogP contribution in [0.15, 0.2) is 12.2 Å². The summed E-state index contributed by atoms with van der Waals surface area (Å²) in [4.78, 5) is 2.54. The second kappa shape index (κ2) is 6.52. The number of hydrogen-bond acceptors (Lipinski definition) is 2. The molecular formula is C12H23NS. The average Bonchev–Trinajstić information content (AvgIpc) is 2.19. The van der Waals surface area contributed by atoms with Crippen LogP contribution >= 0.6 is 12.6 Å². The lowest BCUT2D eigenvalue weighted by molar-refractivity contribution is 0.170. The molecule has 0 aromatic heterocycles. The molecule has 0 unspecified atom stereocenters. The lowest BCUT2D eigenvalue weighted by Crippen LogP contribution is -2.35. The van der Waals surface area contributed by atoms with Crippen LogP contribution in [0, 0.1) is 11.8 Å². The Morgan fingerprint density at radius 1 is 1.29 bits per heavy atom. The maximum atomic E-state index is 4.15. The van der Waals surface area contributed by atoms with E-state index in [1.165, 1.54) is 25.9 Å². The van der Waals surface area contributed by atoms with Crippen LogP contribution in [0.5, 0.6) is 0 Å². The SMILES string of the molecule is CC(C)C1CCN(C/C=C/CS)CC1. The van der Waals surface area contributed by atoms with Gasteiger partial charge in [0, 0.05) is 12.3 Å². The van der Waals surface area contributed by atoms with Crippen LogP contribution in [0.1, 0.15) is 26.7 Å². The summed E-state index contributed by atoms with van der Waals surface area (Å²) in [6, 6.07) is 0. The Kier molecular flexibility index (Phi) is 5.64. The van der Waals surface area contributed by atoms with Crippen molar-refractivity contribution in [2.24, 2.45) is 11.8 Å². The predicted molar refractivity (Wildman–Crippen MR) is 67.0 cm³/mol. The van der Waals surface area contributed by atoms with Gasteiger partial charge in [-0.3, -0.25) is 4.90 Å². The Balaban J connectivity index is 2.19. The third-order valence-electron chi connectivity index (χ3n) is 3.21. The zero-order valence-electron chi connectivity index (χ0n) is 9.45. The fourth-order valence-electron chi connectivity index (χ4n) is 2.10. The van der Waals surface area contributed by atoms with Crippen molar-refractivity contribution in [3.05, 3.63) is 12.2 Å². The summed E-state index contributed by atoms with van der Waals surface area (Å²) >= 11 is 4.15. The first-order valence-corrected chi connectivity index (χ1v) is 6.35. The Bertz CT molecular complexity index is 169. The quantitative estimate of drug-likeness (QED) is 0.555. The molecule has 1 heterocycles. The Hall–Kier alpha value is 0.0500. The zero-order valence-corrected chi connectivity index (χ0v) is 10.3. The van der Waals surface area contributed by atoms with Gasteiger partial charge in [0.25, 0.3) is 0 Å². The normalized spacial score (nSPS) is 21.1. The van der Waals surface area contributed by atoms with E-state index in [-0.39, 0.29) is 0 Å². The molecule has 0 amide bonds. The van der Waals surface area contributed by atoms with Crippen LogP contribution in [0.2, 0.25) is 0 Å². The van der Waals surface area contributed by atoms with Gasteiger partial charge in [0.1, 0.15) is 0 Å². The molecule has 14 heavy (non-hydrogen) atoms. The molecule has 0 bridgehead atoms. The van der Waals surface area contributed by atoms with Gasteiger partial charge in [0.2, 0.25) is 0 Å². The number of piperidine rings is 1. The van der Waals surface area contributed by atoms with E-state index in [0.717, 1.165) is 24.1 Å². The molecule has 0 spiro atoms. The van der Waals surface area contributed by atoms with Gasteiger partial charge >= 0.3 is 0 Å². The van der Waals surface area contributed by atoms with Crippen molar-refractivity contribution in [3.63, 3.8) is 0 Å². The molecule has 0 aromatic rings. The minimum absolute atomic E-state index is 0.864. The van der Waals surface area contributed by atoms with E-state index in [9.17, 15) is 0 Å². The fraction of sp³-hybridized carbons (Fsp3) is 0.833. The molecule has 2 heteroatoms. The van der Waals surface area contributed by atoms with E-state index in [2.05, 4.69) is 43.5 Å². The van der Waals surface area contributed by atoms with Gasteiger partial charge in [-0.05, 0) is 37.8 Å². The molecule has 1 aliphatic heterocycles. The van der Waals surface area contributed by atoms with Crippen molar-refractivity contribution in [1.29, 1.82) is 0 Å². The smallest absolute Gasteiger partial charge is 0.0163 e. The van der Waals surface area contributed by atoms with E-state index in [4.69, 9.17) is 0 Å². The van der Waals surface area contributed by atoms with Crippen molar-refractivity contribution in [1.82, 2.24) is 4.90 Å². The monoisotopic (exact) mass is 213 g/mol. The molecule has 0 saturated carbocycles. The topological polar surface area (TPSA) is 3.24 Å². The number of likely N-dealkylation sites (tertiary alicyclic amines) is 1. The standard InChI is InChI=1S/C12H23NS/c1-11(2)12-5-8-13(9-6-12)7-3-4-10-14/h3-4,11-12,14H,5-10H2,1-2H3/b4-3+. The molecule has 1 aliphatic rings. The third-order valence-corrected chi connectivity index (χ3v) is 3.42. The van der Waals surface area contributed by atoms with E-state index in [0.29, 0.717) is 0 Å². The van der Waals surface area contributed by atoms with E-state index < -0.39 is 0 Å². The van der Waals surface area contributed by atoms with Gasteiger partial charge in [0.05, 0.1) is 0 Å². The molecule has 1 rings (SSSR count). The molecule has 1 nitrogen and oxygen atoms in total. The number of thiol groups is 1. The highest BCUT2D eigenvalue weighted by atomic mass is 32.1. The number of nitrogens with zero attached hydrogens (tertiary/aromatic N) is 1. The Morgan fingerprint density at radius 3 is 2.43 bits per heavy atom. The summed E-state index contributed by atoms with van der Waals surface area (Å²) in [6.45, 7) is 8.37. The van der Waals surface area contributed by atoms with Crippen LogP contribution in [-0.4, -0.2) is 30.3 Å². The van der Waals surface area contributed by atoms with Gasteiger partial charge in [-0.15, -0.1) is 0 Å². The largest absolute Gasteiger partial charge is 0.300 e. The summed E-state index contributed by atoms with van der Waals surface area (Å²) in [5.41, 5.74) is 0. The summed E-state index contributed by atoms with van der Waals surface area (Å²) in [5.74, 6) is 2.69. The zero-order chi connectivity index (χ0) is 10.4. The average molecular weight is 213 g/mol. The van der Waals surface area contributed by atoms with E-state index in [1.54, 1.807) is 0 Å². The van der Waals surface area contributed by atoms with E-state index >= 15 is 0 Å². The van der Waals surface area contributed by atoms with Gasteiger partial charge < -0.3 is 0 Å². The molecular weight excluding hydrogens is 190 g/mol. The lowest BCUT2D eigenvalue weighted by atomic mass is 9.87. The molecule has 0 aliphatic carbocycles. The summed E-state index contributed by atoms with van der Waals surface area (Å²) in [7, 11) is 0. The minimum Gasteiger partial charge on any atom is -0.300 e. The first-order valence-electron chi connectivity index (χ1n) is 5.72. The molecule has 0 radical (unpaired) electrons. The van der Waals surface area contributed by atoms with Gasteiger partial charge in [-0.2, -0.15) is 12.6 Å². The van der Waals surface area contributed by atoms with Crippen LogP contribution < -0.4 is 0 Å². The van der Waals surface area contributed by atoms with E-state index in [1.807, 2.05) is 0 Å². The van der Waals surface area contributed by atoms with Crippen molar-refractivity contribution < 1.29 is 0 Å².